The van der Waals surface area contributed by atoms with E-state index >= 15 is 0 Å². The second kappa shape index (κ2) is 16.4. The van der Waals surface area contributed by atoms with Crippen LogP contribution in [0.1, 0.15) is 80.1 Å². The van der Waals surface area contributed by atoms with Crippen molar-refractivity contribution in [2.45, 2.75) is 86.1 Å². The van der Waals surface area contributed by atoms with E-state index < -0.39 is 18.0 Å². The van der Waals surface area contributed by atoms with Crippen molar-refractivity contribution in [3.63, 3.8) is 0 Å². The SMILES string of the molecule is CCOC(=O)CC[C@H](NC(=O)/C=C(\C)CC/C=C(\C)CCC=C(C)C)C(=O)OCC. The number of nitrogens with one attached hydrogen (secondary N) is 1. The molecule has 0 spiro atoms. The maximum atomic E-state index is 12.3. The lowest BCUT2D eigenvalue weighted by molar-refractivity contribution is -0.148. The third-order valence-corrected chi connectivity index (χ3v) is 4.33. The Morgan fingerprint density at radius 2 is 1.43 bits per heavy atom. The molecule has 0 aromatic carbocycles. The normalized spacial score (nSPS) is 12.7. The second-order valence-electron chi connectivity index (χ2n) is 7.56. The number of esters is 2. The lowest BCUT2D eigenvalue weighted by atomic mass is 10.1. The predicted molar refractivity (Wildman–Crippen MR) is 120 cm³/mol. The lowest BCUT2D eigenvalue weighted by Crippen LogP contribution is -2.41. The van der Waals surface area contributed by atoms with E-state index in [9.17, 15) is 14.4 Å². The van der Waals surface area contributed by atoms with Gasteiger partial charge in [-0.25, -0.2) is 4.79 Å². The summed E-state index contributed by atoms with van der Waals surface area (Å²) in [7, 11) is 0. The first-order chi connectivity index (χ1) is 14.2. The number of carbonyl (C=O) groups excluding carboxylic acids is 3. The Morgan fingerprint density at radius 3 is 2.03 bits per heavy atom. The van der Waals surface area contributed by atoms with Gasteiger partial charge in [0, 0.05) is 12.5 Å². The molecule has 0 fully saturated rings. The minimum Gasteiger partial charge on any atom is -0.466 e. The van der Waals surface area contributed by atoms with Gasteiger partial charge in [-0.15, -0.1) is 0 Å². The van der Waals surface area contributed by atoms with E-state index in [-0.39, 0.29) is 32.0 Å². The third-order valence-electron chi connectivity index (χ3n) is 4.33. The van der Waals surface area contributed by atoms with Crippen LogP contribution in [0, 0.1) is 0 Å². The van der Waals surface area contributed by atoms with Crippen molar-refractivity contribution in [3.8, 4) is 0 Å². The monoisotopic (exact) mass is 421 g/mol. The number of hydrogen-bond donors (Lipinski definition) is 1. The highest BCUT2D eigenvalue weighted by molar-refractivity contribution is 5.92. The molecule has 1 N–H and O–H groups in total. The van der Waals surface area contributed by atoms with Crippen LogP contribution in [-0.4, -0.2) is 37.1 Å². The molecule has 6 nitrogen and oxygen atoms in total. The van der Waals surface area contributed by atoms with Gasteiger partial charge in [-0.1, -0.05) is 28.9 Å². The van der Waals surface area contributed by atoms with E-state index in [0.717, 1.165) is 31.3 Å². The van der Waals surface area contributed by atoms with Crippen molar-refractivity contribution in [3.05, 3.63) is 34.9 Å². The first kappa shape index (κ1) is 27.6. The number of amides is 1. The number of carbonyl (C=O) groups is 3. The van der Waals surface area contributed by atoms with Gasteiger partial charge < -0.3 is 14.8 Å². The molecule has 0 aromatic heterocycles. The van der Waals surface area contributed by atoms with E-state index in [1.54, 1.807) is 13.8 Å². The molecule has 0 bridgehead atoms. The summed E-state index contributed by atoms with van der Waals surface area (Å²) in [5, 5.41) is 2.65. The molecule has 0 unspecified atom stereocenters. The van der Waals surface area contributed by atoms with Crippen molar-refractivity contribution < 1.29 is 23.9 Å². The maximum absolute atomic E-state index is 12.3. The summed E-state index contributed by atoms with van der Waals surface area (Å²) in [6, 6.07) is -0.872. The standard InChI is InChI=1S/C24H39NO5/c1-7-29-23(27)16-15-21(24(28)30-8-2)25-22(26)17-20(6)14-10-13-19(5)12-9-11-18(3)4/h11,13,17,21H,7-10,12,14-16H2,1-6H3,(H,25,26)/b19-13+,20-17+/t21-/m0/s1. The highest BCUT2D eigenvalue weighted by atomic mass is 16.5. The predicted octanol–water partition coefficient (Wildman–Crippen LogP) is 4.80. The molecule has 0 heterocycles. The summed E-state index contributed by atoms with van der Waals surface area (Å²) in [5.41, 5.74) is 3.59. The molecule has 0 rings (SSSR count). The van der Waals surface area contributed by atoms with Gasteiger partial charge in [-0.05, 0) is 73.6 Å². The molecular formula is C24H39NO5. The van der Waals surface area contributed by atoms with Crippen LogP contribution in [0.5, 0.6) is 0 Å². The molecule has 0 radical (unpaired) electrons. The summed E-state index contributed by atoms with van der Waals surface area (Å²) in [6.07, 6.45) is 9.83. The van der Waals surface area contributed by atoms with Crippen LogP contribution in [0.15, 0.2) is 34.9 Å². The fraction of sp³-hybridized carbons (Fsp3) is 0.625. The van der Waals surface area contributed by atoms with Gasteiger partial charge >= 0.3 is 11.9 Å². The van der Waals surface area contributed by atoms with Gasteiger partial charge in [0.15, 0.2) is 0 Å². The molecule has 0 saturated heterocycles. The molecule has 0 aromatic rings. The molecule has 1 amide bonds. The van der Waals surface area contributed by atoms with Crippen molar-refractivity contribution in [2.75, 3.05) is 13.2 Å². The first-order valence-corrected chi connectivity index (χ1v) is 10.8. The van der Waals surface area contributed by atoms with Crippen LogP contribution in [0.25, 0.3) is 0 Å². The van der Waals surface area contributed by atoms with E-state index in [2.05, 4.69) is 38.2 Å². The number of ether oxygens (including phenoxy) is 2. The van der Waals surface area contributed by atoms with Gasteiger partial charge in [0.2, 0.25) is 5.91 Å². The van der Waals surface area contributed by atoms with Crippen LogP contribution in [0.2, 0.25) is 0 Å². The van der Waals surface area contributed by atoms with Gasteiger partial charge in [0.25, 0.3) is 0 Å². The molecule has 170 valence electrons. The Hall–Kier alpha value is -2.37. The Bertz CT molecular complexity index is 642. The zero-order valence-corrected chi connectivity index (χ0v) is 19.5. The Labute approximate surface area is 181 Å². The molecule has 0 saturated carbocycles. The van der Waals surface area contributed by atoms with Gasteiger partial charge in [-0.3, -0.25) is 9.59 Å². The summed E-state index contributed by atoms with van der Waals surface area (Å²) in [5.74, 6) is -1.31. The van der Waals surface area contributed by atoms with Crippen molar-refractivity contribution in [1.29, 1.82) is 0 Å². The zero-order valence-electron chi connectivity index (χ0n) is 19.5. The topological polar surface area (TPSA) is 81.7 Å². The molecule has 6 heteroatoms. The fourth-order valence-corrected chi connectivity index (χ4v) is 2.73. The maximum Gasteiger partial charge on any atom is 0.328 e. The minimum absolute atomic E-state index is 0.0388. The summed E-state index contributed by atoms with van der Waals surface area (Å²) in [4.78, 5) is 36.0. The average Bonchev–Trinajstić information content (AvgIpc) is 2.65. The highest BCUT2D eigenvalue weighted by Crippen LogP contribution is 2.11. The second-order valence-corrected chi connectivity index (χ2v) is 7.56. The number of hydrogen-bond acceptors (Lipinski definition) is 5. The number of rotatable bonds is 14. The summed E-state index contributed by atoms with van der Waals surface area (Å²) < 4.78 is 9.88. The average molecular weight is 422 g/mol. The lowest BCUT2D eigenvalue weighted by Gasteiger charge is -2.16. The Kier molecular flexibility index (Phi) is 15.1. The van der Waals surface area contributed by atoms with Crippen LogP contribution in [0.3, 0.4) is 0 Å². The fourth-order valence-electron chi connectivity index (χ4n) is 2.73. The minimum atomic E-state index is -0.872. The summed E-state index contributed by atoms with van der Waals surface area (Å²) in [6.45, 7) is 12.1. The summed E-state index contributed by atoms with van der Waals surface area (Å²) >= 11 is 0. The van der Waals surface area contributed by atoms with E-state index in [4.69, 9.17) is 9.47 Å². The molecule has 1 atom stereocenters. The molecule has 0 aliphatic carbocycles. The van der Waals surface area contributed by atoms with Gasteiger partial charge in [0.05, 0.1) is 13.2 Å². The first-order valence-electron chi connectivity index (χ1n) is 10.8. The largest absolute Gasteiger partial charge is 0.466 e. The van der Waals surface area contributed by atoms with Crippen LogP contribution in [0.4, 0.5) is 0 Å². The van der Waals surface area contributed by atoms with Crippen LogP contribution < -0.4 is 5.32 Å². The van der Waals surface area contributed by atoms with Crippen molar-refractivity contribution in [1.82, 2.24) is 5.32 Å². The molecule has 0 aliphatic heterocycles. The van der Waals surface area contributed by atoms with Crippen LogP contribution >= 0.6 is 0 Å². The smallest absolute Gasteiger partial charge is 0.328 e. The van der Waals surface area contributed by atoms with Gasteiger partial charge in [-0.2, -0.15) is 0 Å². The quantitative estimate of drug-likeness (QED) is 0.248. The molecule has 0 aliphatic rings. The highest BCUT2D eigenvalue weighted by Gasteiger charge is 2.22. The van der Waals surface area contributed by atoms with Crippen molar-refractivity contribution >= 4 is 17.8 Å². The van der Waals surface area contributed by atoms with Gasteiger partial charge in [0.1, 0.15) is 6.04 Å². The van der Waals surface area contributed by atoms with Crippen LogP contribution in [-0.2, 0) is 23.9 Å². The Morgan fingerprint density at radius 1 is 0.833 bits per heavy atom. The van der Waals surface area contributed by atoms with E-state index in [0.29, 0.717) is 0 Å². The number of allylic oxidation sites excluding steroid dienone is 5. The Balaban J connectivity index is 4.66. The zero-order chi connectivity index (χ0) is 22.9. The molecular weight excluding hydrogens is 382 g/mol. The van der Waals surface area contributed by atoms with E-state index in [1.807, 2.05) is 6.92 Å². The third kappa shape index (κ3) is 14.6. The molecule has 30 heavy (non-hydrogen) atoms. The van der Waals surface area contributed by atoms with Crippen molar-refractivity contribution in [2.24, 2.45) is 0 Å². The van der Waals surface area contributed by atoms with E-state index in [1.165, 1.54) is 17.2 Å².